The predicted octanol–water partition coefficient (Wildman–Crippen LogP) is 5.16. The van der Waals surface area contributed by atoms with E-state index in [1.165, 1.54) is 50.3 Å². The molecule has 3 aromatic rings. The summed E-state index contributed by atoms with van der Waals surface area (Å²) in [6.07, 6.45) is 3.17. The lowest BCUT2D eigenvalue weighted by Gasteiger charge is -2.35. The summed E-state index contributed by atoms with van der Waals surface area (Å²) in [6.45, 7) is 2.23. The van der Waals surface area contributed by atoms with Gasteiger partial charge in [-0.3, -0.25) is 0 Å². The maximum atomic E-state index is 2.42. The Morgan fingerprint density at radius 1 is 0.667 bits per heavy atom. The van der Waals surface area contributed by atoms with Gasteiger partial charge in [0.25, 0.3) is 0 Å². The zero-order chi connectivity index (χ0) is 16.3. The van der Waals surface area contributed by atoms with Crippen LogP contribution in [0.5, 0.6) is 0 Å². The lowest BCUT2D eigenvalue weighted by Crippen LogP contribution is -2.23. The van der Waals surface area contributed by atoms with Crippen LogP contribution in [-0.2, 0) is 19.3 Å². The molecule has 0 fully saturated rings. The Balaban J connectivity index is 1.69. The minimum absolute atomic E-state index is 1.05. The average molecular weight is 311 g/mol. The molecule has 118 valence electrons. The van der Waals surface area contributed by atoms with Gasteiger partial charge in [-0.1, -0.05) is 48.5 Å². The Labute approximate surface area is 143 Å². The molecule has 0 spiro atoms. The number of rotatable bonds is 0. The highest BCUT2D eigenvalue weighted by molar-refractivity contribution is 5.79. The van der Waals surface area contributed by atoms with Crippen molar-refractivity contribution in [1.29, 1.82) is 0 Å². The molecule has 1 heteroatoms. The van der Waals surface area contributed by atoms with Crippen molar-refractivity contribution in [2.45, 2.75) is 26.2 Å². The first-order valence-corrected chi connectivity index (χ1v) is 8.75. The van der Waals surface area contributed by atoms with Crippen LogP contribution in [-0.4, -0.2) is 7.05 Å². The highest BCUT2D eigenvalue weighted by Gasteiger charge is 2.27. The predicted molar refractivity (Wildman–Crippen MR) is 101 cm³/mol. The number of hydrogen-bond acceptors (Lipinski definition) is 1. The van der Waals surface area contributed by atoms with Crippen molar-refractivity contribution in [3.63, 3.8) is 0 Å². The van der Waals surface area contributed by atoms with Crippen molar-refractivity contribution in [3.05, 3.63) is 93.5 Å². The van der Waals surface area contributed by atoms with Gasteiger partial charge in [-0.05, 0) is 58.4 Å². The van der Waals surface area contributed by atoms with Crippen LogP contribution in [0.2, 0.25) is 0 Å². The molecule has 0 saturated heterocycles. The molecule has 1 aliphatic carbocycles. The fourth-order valence-electron chi connectivity index (χ4n) is 4.49. The molecule has 0 N–H and O–H groups in total. The number of benzene rings is 3. The number of fused-ring (bicyclic) bond motifs is 5. The first-order chi connectivity index (χ1) is 11.7. The Bertz CT molecular complexity index is 968. The SMILES string of the molecule is Cc1cccc2c1Cc1ccc3c(c1N2C)Cc1ccccc1C3. The molecule has 0 amide bonds. The molecule has 1 heterocycles. The fraction of sp³-hybridized carbons (Fsp3) is 0.217. The van der Waals surface area contributed by atoms with Gasteiger partial charge in [0.1, 0.15) is 0 Å². The maximum absolute atomic E-state index is 2.42. The summed E-state index contributed by atoms with van der Waals surface area (Å²) in [5.41, 5.74) is 13.2. The van der Waals surface area contributed by atoms with E-state index in [0.29, 0.717) is 0 Å². The zero-order valence-corrected chi connectivity index (χ0v) is 14.3. The monoisotopic (exact) mass is 311 g/mol. The van der Waals surface area contributed by atoms with Crippen molar-refractivity contribution in [2.24, 2.45) is 0 Å². The number of aryl methyl sites for hydroxylation is 1. The van der Waals surface area contributed by atoms with Crippen LogP contribution in [0, 0.1) is 6.92 Å². The Morgan fingerprint density at radius 3 is 2.21 bits per heavy atom. The molecule has 0 bridgehead atoms. The van der Waals surface area contributed by atoms with Crippen LogP contribution < -0.4 is 4.90 Å². The van der Waals surface area contributed by atoms with Crippen LogP contribution in [0.4, 0.5) is 11.4 Å². The van der Waals surface area contributed by atoms with Crippen molar-refractivity contribution in [2.75, 3.05) is 11.9 Å². The molecule has 0 aromatic heterocycles. The van der Waals surface area contributed by atoms with Gasteiger partial charge in [0.2, 0.25) is 0 Å². The van der Waals surface area contributed by atoms with Crippen molar-refractivity contribution in [1.82, 2.24) is 0 Å². The number of nitrogens with zero attached hydrogens (tertiary/aromatic N) is 1. The summed E-state index contributed by atoms with van der Waals surface area (Å²) in [6, 6.07) is 20.3. The molecule has 2 aliphatic rings. The van der Waals surface area contributed by atoms with Gasteiger partial charge in [-0.2, -0.15) is 0 Å². The van der Waals surface area contributed by atoms with E-state index >= 15 is 0 Å². The quantitative estimate of drug-likeness (QED) is 0.433. The number of hydrogen-bond donors (Lipinski definition) is 0. The van der Waals surface area contributed by atoms with Crippen LogP contribution in [0.25, 0.3) is 0 Å². The second-order valence-corrected chi connectivity index (χ2v) is 7.14. The van der Waals surface area contributed by atoms with Gasteiger partial charge in [0, 0.05) is 31.3 Å². The van der Waals surface area contributed by atoms with Gasteiger partial charge in [0.15, 0.2) is 0 Å². The third-order valence-corrected chi connectivity index (χ3v) is 5.78. The molecule has 0 radical (unpaired) electrons. The highest BCUT2D eigenvalue weighted by atomic mass is 15.1. The molecule has 0 unspecified atom stereocenters. The Kier molecular flexibility index (Phi) is 2.87. The minimum atomic E-state index is 1.05. The van der Waals surface area contributed by atoms with E-state index in [0.717, 1.165) is 19.3 Å². The zero-order valence-electron chi connectivity index (χ0n) is 14.3. The van der Waals surface area contributed by atoms with E-state index in [2.05, 4.69) is 73.5 Å². The van der Waals surface area contributed by atoms with E-state index in [1.807, 2.05) is 0 Å². The van der Waals surface area contributed by atoms with E-state index in [9.17, 15) is 0 Å². The van der Waals surface area contributed by atoms with Crippen molar-refractivity contribution < 1.29 is 0 Å². The molecule has 5 rings (SSSR count). The van der Waals surface area contributed by atoms with Crippen molar-refractivity contribution >= 4 is 11.4 Å². The second-order valence-electron chi connectivity index (χ2n) is 7.14. The molecule has 0 saturated carbocycles. The summed E-state index contributed by atoms with van der Waals surface area (Å²) < 4.78 is 0. The van der Waals surface area contributed by atoms with Crippen LogP contribution >= 0.6 is 0 Å². The summed E-state index contributed by atoms with van der Waals surface area (Å²) >= 11 is 0. The van der Waals surface area contributed by atoms with Gasteiger partial charge in [0.05, 0.1) is 0 Å². The highest BCUT2D eigenvalue weighted by Crippen LogP contribution is 2.44. The van der Waals surface area contributed by atoms with Gasteiger partial charge in [-0.15, -0.1) is 0 Å². The minimum Gasteiger partial charge on any atom is -0.344 e. The molecular weight excluding hydrogens is 290 g/mol. The molecule has 1 nitrogen and oxygen atoms in total. The maximum Gasteiger partial charge on any atom is 0.0482 e. The third kappa shape index (κ3) is 1.88. The summed E-state index contributed by atoms with van der Waals surface area (Å²) in [5, 5.41) is 0. The van der Waals surface area contributed by atoms with Crippen molar-refractivity contribution in [3.8, 4) is 0 Å². The molecule has 0 atom stereocenters. The fourth-order valence-corrected chi connectivity index (χ4v) is 4.49. The molecule has 1 aliphatic heterocycles. The van der Waals surface area contributed by atoms with E-state index in [-0.39, 0.29) is 0 Å². The van der Waals surface area contributed by atoms with E-state index < -0.39 is 0 Å². The Hall–Kier alpha value is -2.54. The summed E-state index contributed by atoms with van der Waals surface area (Å²) in [4.78, 5) is 2.42. The van der Waals surface area contributed by atoms with Gasteiger partial charge >= 0.3 is 0 Å². The van der Waals surface area contributed by atoms with Crippen LogP contribution in [0.15, 0.2) is 54.6 Å². The molecule has 3 aromatic carbocycles. The lowest BCUT2D eigenvalue weighted by atomic mass is 9.81. The standard InChI is InChI=1S/C23H21N/c1-15-6-5-9-22-20(15)14-19-11-10-18-12-16-7-3-4-8-17(16)13-21(18)23(19)24(22)2/h3-11H,12-14H2,1-2H3. The van der Waals surface area contributed by atoms with Gasteiger partial charge < -0.3 is 4.90 Å². The van der Waals surface area contributed by atoms with Crippen LogP contribution in [0.3, 0.4) is 0 Å². The van der Waals surface area contributed by atoms with Crippen LogP contribution in [0.1, 0.15) is 38.9 Å². The van der Waals surface area contributed by atoms with Gasteiger partial charge in [-0.25, -0.2) is 0 Å². The first kappa shape index (κ1) is 13.9. The number of anilines is 2. The third-order valence-electron chi connectivity index (χ3n) is 5.78. The lowest BCUT2D eigenvalue weighted by molar-refractivity contribution is 0.954. The average Bonchev–Trinajstić information content (AvgIpc) is 2.61. The smallest absolute Gasteiger partial charge is 0.0482 e. The topological polar surface area (TPSA) is 3.24 Å². The van der Waals surface area contributed by atoms with E-state index in [1.54, 1.807) is 0 Å². The first-order valence-electron chi connectivity index (χ1n) is 8.75. The summed E-state index contributed by atoms with van der Waals surface area (Å²) in [7, 11) is 2.23. The molecular formula is C23H21N. The van der Waals surface area contributed by atoms with E-state index in [4.69, 9.17) is 0 Å². The Morgan fingerprint density at radius 2 is 1.38 bits per heavy atom. The second kappa shape index (κ2) is 4.98. The normalized spacial score (nSPS) is 14.5. The molecule has 24 heavy (non-hydrogen) atoms. The largest absolute Gasteiger partial charge is 0.344 e. The summed E-state index contributed by atoms with van der Waals surface area (Å²) in [5.74, 6) is 0.